The highest BCUT2D eigenvalue weighted by atomic mass is 35.5. The van der Waals surface area contributed by atoms with E-state index in [-0.39, 0.29) is 5.76 Å². The number of nitrogens with zero attached hydrogens (tertiary/aromatic N) is 1. The molecule has 4 rings (SSSR count). The lowest BCUT2D eigenvalue weighted by atomic mass is 10.2. The highest BCUT2D eigenvalue weighted by molar-refractivity contribution is 6.40. The summed E-state index contributed by atoms with van der Waals surface area (Å²) in [7, 11) is 1.32. The molecular formula is C18H12ClNO3. The number of hydrogen-bond donors (Lipinski definition) is 0. The van der Waals surface area contributed by atoms with Gasteiger partial charge < -0.3 is 13.7 Å². The van der Waals surface area contributed by atoms with E-state index in [1.54, 1.807) is 6.07 Å². The van der Waals surface area contributed by atoms with Crippen molar-refractivity contribution in [1.82, 2.24) is 4.57 Å². The number of benzene rings is 2. The van der Waals surface area contributed by atoms with E-state index in [2.05, 4.69) is 0 Å². The fourth-order valence-electron chi connectivity index (χ4n) is 2.75. The molecule has 0 N–H and O–H groups in total. The van der Waals surface area contributed by atoms with E-state index in [9.17, 15) is 4.79 Å². The standard InChI is InChI=1S/C18H12ClNO3/c1-22-18(21)15-10-11-9-14-13(16(19)17(11)23-15)7-8-20(14)12-5-3-2-4-6-12/h2-10H,1H3. The molecule has 2 aromatic heterocycles. The minimum absolute atomic E-state index is 0.142. The van der Waals surface area contributed by atoms with E-state index < -0.39 is 5.97 Å². The number of carbonyl (C=O) groups is 1. The second kappa shape index (κ2) is 5.18. The van der Waals surface area contributed by atoms with Crippen molar-refractivity contribution in [3.05, 3.63) is 65.5 Å². The number of esters is 1. The summed E-state index contributed by atoms with van der Waals surface area (Å²) in [5, 5.41) is 2.12. The van der Waals surface area contributed by atoms with Crippen LogP contribution in [0.4, 0.5) is 0 Å². The molecule has 0 bridgehead atoms. The van der Waals surface area contributed by atoms with Gasteiger partial charge in [0.2, 0.25) is 5.76 Å². The van der Waals surface area contributed by atoms with Gasteiger partial charge in [0, 0.05) is 22.7 Å². The zero-order valence-corrected chi connectivity index (χ0v) is 13.0. The Morgan fingerprint density at radius 1 is 1.17 bits per heavy atom. The number of rotatable bonds is 2. The van der Waals surface area contributed by atoms with E-state index in [1.807, 2.05) is 53.2 Å². The number of carbonyl (C=O) groups excluding carboxylic acids is 1. The number of halogens is 1. The SMILES string of the molecule is COC(=O)c1cc2cc3c(ccn3-c3ccccc3)c(Cl)c2o1. The molecule has 0 unspecified atom stereocenters. The Labute approximate surface area is 136 Å². The Kier molecular flexibility index (Phi) is 3.13. The number of aromatic nitrogens is 1. The molecule has 0 aliphatic rings. The Morgan fingerprint density at radius 2 is 1.96 bits per heavy atom. The van der Waals surface area contributed by atoms with Crippen LogP contribution in [0.5, 0.6) is 0 Å². The predicted octanol–water partition coefficient (Wildman–Crippen LogP) is 4.82. The first-order valence-electron chi connectivity index (χ1n) is 7.06. The van der Waals surface area contributed by atoms with Crippen molar-refractivity contribution < 1.29 is 13.9 Å². The van der Waals surface area contributed by atoms with Gasteiger partial charge in [-0.15, -0.1) is 0 Å². The summed E-state index contributed by atoms with van der Waals surface area (Å²) in [5.41, 5.74) is 2.48. The smallest absolute Gasteiger partial charge is 0.373 e. The van der Waals surface area contributed by atoms with E-state index >= 15 is 0 Å². The summed E-state index contributed by atoms with van der Waals surface area (Å²) < 4.78 is 12.3. The highest BCUT2D eigenvalue weighted by Gasteiger charge is 2.18. The monoisotopic (exact) mass is 325 g/mol. The molecular weight excluding hydrogens is 314 g/mol. The van der Waals surface area contributed by atoms with Crippen LogP contribution >= 0.6 is 11.6 Å². The Morgan fingerprint density at radius 3 is 2.70 bits per heavy atom. The minimum atomic E-state index is -0.520. The molecule has 4 aromatic rings. The molecule has 5 heteroatoms. The van der Waals surface area contributed by atoms with Crippen molar-refractivity contribution >= 4 is 39.4 Å². The van der Waals surface area contributed by atoms with Crippen LogP contribution in [0, 0.1) is 0 Å². The molecule has 0 aliphatic heterocycles. The lowest BCUT2D eigenvalue weighted by Gasteiger charge is -2.05. The second-order valence-corrected chi connectivity index (χ2v) is 5.54. The lowest BCUT2D eigenvalue weighted by Crippen LogP contribution is -1.97. The zero-order chi connectivity index (χ0) is 16.0. The average molecular weight is 326 g/mol. The molecule has 0 fully saturated rings. The third-order valence-electron chi connectivity index (χ3n) is 3.84. The first-order chi connectivity index (χ1) is 11.2. The molecule has 2 heterocycles. The topological polar surface area (TPSA) is 44.4 Å². The summed E-state index contributed by atoms with van der Waals surface area (Å²) in [6.07, 6.45) is 1.96. The van der Waals surface area contributed by atoms with Crippen molar-refractivity contribution in [2.45, 2.75) is 0 Å². The van der Waals surface area contributed by atoms with E-state index in [0.29, 0.717) is 10.6 Å². The number of para-hydroxylation sites is 1. The van der Waals surface area contributed by atoms with Gasteiger partial charge in [-0.3, -0.25) is 0 Å². The van der Waals surface area contributed by atoms with Crippen LogP contribution in [-0.4, -0.2) is 17.6 Å². The van der Waals surface area contributed by atoms with Gasteiger partial charge >= 0.3 is 5.97 Å². The van der Waals surface area contributed by atoms with Crippen LogP contribution in [0.25, 0.3) is 27.6 Å². The third-order valence-corrected chi connectivity index (χ3v) is 4.21. The van der Waals surface area contributed by atoms with Crippen LogP contribution in [0.3, 0.4) is 0 Å². The maximum Gasteiger partial charge on any atom is 0.373 e. The van der Waals surface area contributed by atoms with Crippen LogP contribution in [0.15, 0.2) is 59.1 Å². The third kappa shape index (κ3) is 2.11. The van der Waals surface area contributed by atoms with Gasteiger partial charge in [0.25, 0.3) is 0 Å². The lowest BCUT2D eigenvalue weighted by molar-refractivity contribution is 0.0567. The summed E-state index contributed by atoms with van der Waals surface area (Å²) in [6.45, 7) is 0. The predicted molar refractivity (Wildman–Crippen MR) is 89.4 cm³/mol. The fraction of sp³-hybridized carbons (Fsp3) is 0.0556. The maximum atomic E-state index is 11.7. The molecule has 114 valence electrons. The van der Waals surface area contributed by atoms with Crippen LogP contribution in [0.2, 0.25) is 5.02 Å². The largest absolute Gasteiger partial charge is 0.463 e. The zero-order valence-electron chi connectivity index (χ0n) is 12.2. The van der Waals surface area contributed by atoms with Crippen molar-refractivity contribution in [1.29, 1.82) is 0 Å². The normalized spacial score (nSPS) is 11.2. The summed E-state index contributed by atoms with van der Waals surface area (Å²) in [5.74, 6) is -0.379. The van der Waals surface area contributed by atoms with Gasteiger partial charge in [-0.05, 0) is 30.3 Å². The van der Waals surface area contributed by atoms with Crippen molar-refractivity contribution in [2.75, 3.05) is 7.11 Å². The number of furan rings is 1. The van der Waals surface area contributed by atoms with E-state index in [1.165, 1.54) is 7.11 Å². The average Bonchev–Trinajstić information content (AvgIpc) is 3.20. The van der Waals surface area contributed by atoms with Gasteiger partial charge in [0.1, 0.15) is 0 Å². The summed E-state index contributed by atoms with van der Waals surface area (Å²) in [6, 6.07) is 15.5. The summed E-state index contributed by atoms with van der Waals surface area (Å²) in [4.78, 5) is 11.7. The van der Waals surface area contributed by atoms with Gasteiger partial charge in [-0.2, -0.15) is 0 Å². The first kappa shape index (κ1) is 13.9. The van der Waals surface area contributed by atoms with Crippen molar-refractivity contribution in [2.24, 2.45) is 0 Å². The van der Waals surface area contributed by atoms with Gasteiger partial charge in [-0.1, -0.05) is 29.8 Å². The van der Waals surface area contributed by atoms with Gasteiger partial charge in [0.05, 0.1) is 17.6 Å². The molecule has 0 spiro atoms. The first-order valence-corrected chi connectivity index (χ1v) is 7.43. The number of ether oxygens (including phenoxy) is 1. The van der Waals surface area contributed by atoms with E-state index in [4.69, 9.17) is 20.8 Å². The molecule has 0 saturated carbocycles. The molecule has 0 atom stereocenters. The van der Waals surface area contributed by atoms with Gasteiger partial charge in [0.15, 0.2) is 5.58 Å². The second-order valence-electron chi connectivity index (χ2n) is 5.17. The highest BCUT2D eigenvalue weighted by Crippen LogP contribution is 2.36. The fourth-order valence-corrected chi connectivity index (χ4v) is 3.05. The Bertz CT molecular complexity index is 1030. The molecule has 0 radical (unpaired) electrons. The maximum absolute atomic E-state index is 11.7. The van der Waals surface area contributed by atoms with Gasteiger partial charge in [-0.25, -0.2) is 4.79 Å². The van der Waals surface area contributed by atoms with Crippen molar-refractivity contribution in [3.63, 3.8) is 0 Å². The quantitative estimate of drug-likeness (QED) is 0.496. The van der Waals surface area contributed by atoms with Crippen LogP contribution in [0.1, 0.15) is 10.6 Å². The molecule has 0 aliphatic carbocycles. The minimum Gasteiger partial charge on any atom is -0.463 e. The van der Waals surface area contributed by atoms with Crippen molar-refractivity contribution in [3.8, 4) is 5.69 Å². The molecule has 4 nitrogen and oxygen atoms in total. The summed E-state index contributed by atoms with van der Waals surface area (Å²) >= 11 is 6.48. The molecule has 0 amide bonds. The Hall–Kier alpha value is -2.72. The number of fused-ring (bicyclic) bond motifs is 2. The molecule has 2 aromatic carbocycles. The number of hydrogen-bond acceptors (Lipinski definition) is 3. The molecule has 23 heavy (non-hydrogen) atoms. The Balaban J connectivity index is 2.00. The molecule has 0 saturated heterocycles. The van der Waals surface area contributed by atoms with E-state index in [0.717, 1.165) is 22.0 Å². The number of methoxy groups -OCH3 is 1. The van der Waals surface area contributed by atoms with Crippen LogP contribution in [-0.2, 0) is 4.74 Å². The van der Waals surface area contributed by atoms with Crippen LogP contribution < -0.4 is 0 Å².